The molecule has 1 aromatic carbocycles. The van der Waals surface area contributed by atoms with Gasteiger partial charge in [-0.1, -0.05) is 22.0 Å². The quantitative estimate of drug-likeness (QED) is 0.911. The van der Waals surface area contributed by atoms with Crippen LogP contribution in [0.15, 0.2) is 35.1 Å². The first-order valence-electron chi connectivity index (χ1n) is 7.28. The predicted octanol–water partition coefficient (Wildman–Crippen LogP) is 3.40. The molecule has 0 aliphatic carbocycles. The van der Waals surface area contributed by atoms with E-state index < -0.39 is 0 Å². The number of benzene rings is 1. The Balaban J connectivity index is 1.76. The number of carbonyl (C=O) groups is 1. The molecular formula is C16H17BrN4O. The van der Waals surface area contributed by atoms with E-state index in [1.165, 1.54) is 19.2 Å². The van der Waals surface area contributed by atoms with Crippen molar-refractivity contribution in [2.45, 2.75) is 19.8 Å². The van der Waals surface area contributed by atoms with Crippen LogP contribution < -0.4 is 10.2 Å². The van der Waals surface area contributed by atoms with Gasteiger partial charge in [0.05, 0.1) is 0 Å². The summed E-state index contributed by atoms with van der Waals surface area (Å²) in [4.78, 5) is 22.9. The fourth-order valence-corrected chi connectivity index (χ4v) is 2.83. The van der Waals surface area contributed by atoms with Crippen LogP contribution in [0, 0.1) is 6.92 Å². The van der Waals surface area contributed by atoms with Gasteiger partial charge in [-0.3, -0.25) is 4.79 Å². The van der Waals surface area contributed by atoms with E-state index in [4.69, 9.17) is 0 Å². The van der Waals surface area contributed by atoms with Crippen LogP contribution in [0.5, 0.6) is 0 Å². The van der Waals surface area contributed by atoms with Crippen molar-refractivity contribution in [3.63, 3.8) is 0 Å². The lowest BCUT2D eigenvalue weighted by molar-refractivity contribution is 0.102. The second-order valence-electron chi connectivity index (χ2n) is 5.37. The summed E-state index contributed by atoms with van der Waals surface area (Å²) in [6.45, 7) is 3.98. The van der Waals surface area contributed by atoms with Crippen molar-refractivity contribution in [3.8, 4) is 0 Å². The van der Waals surface area contributed by atoms with Gasteiger partial charge in [0.1, 0.15) is 17.8 Å². The van der Waals surface area contributed by atoms with Crippen molar-refractivity contribution in [3.05, 3.63) is 46.3 Å². The zero-order valence-electron chi connectivity index (χ0n) is 12.3. The summed E-state index contributed by atoms with van der Waals surface area (Å²) < 4.78 is 0.964. The van der Waals surface area contributed by atoms with E-state index in [1.54, 1.807) is 6.07 Å². The number of halogens is 1. The second kappa shape index (κ2) is 6.44. The largest absolute Gasteiger partial charge is 0.357 e. The number of amides is 1. The van der Waals surface area contributed by atoms with Gasteiger partial charge in [0.2, 0.25) is 0 Å². The summed E-state index contributed by atoms with van der Waals surface area (Å²) in [7, 11) is 0. The zero-order chi connectivity index (χ0) is 15.5. The molecule has 6 heteroatoms. The normalized spacial score (nSPS) is 14.2. The van der Waals surface area contributed by atoms with E-state index in [1.807, 2.05) is 25.1 Å². The maximum absolute atomic E-state index is 12.3. The van der Waals surface area contributed by atoms with Gasteiger partial charge >= 0.3 is 0 Å². The highest BCUT2D eigenvalue weighted by Crippen LogP contribution is 2.22. The maximum Gasteiger partial charge on any atom is 0.274 e. The Kier molecular flexibility index (Phi) is 4.38. The van der Waals surface area contributed by atoms with Gasteiger partial charge in [-0.05, 0) is 37.5 Å². The van der Waals surface area contributed by atoms with Crippen LogP contribution in [-0.4, -0.2) is 29.0 Å². The molecule has 0 radical (unpaired) electrons. The molecule has 0 atom stereocenters. The van der Waals surface area contributed by atoms with E-state index in [2.05, 4.69) is 36.1 Å². The Bertz CT molecular complexity index is 698. The zero-order valence-corrected chi connectivity index (χ0v) is 13.9. The number of aromatic nitrogens is 2. The molecule has 0 unspecified atom stereocenters. The number of carbonyl (C=O) groups excluding carboxylic acids is 1. The molecule has 1 amide bonds. The first-order valence-corrected chi connectivity index (χ1v) is 8.07. The number of anilines is 2. The van der Waals surface area contributed by atoms with Crippen molar-refractivity contribution in [2.24, 2.45) is 0 Å². The summed E-state index contributed by atoms with van der Waals surface area (Å²) in [5.74, 6) is 0.598. The molecule has 1 aromatic heterocycles. The van der Waals surface area contributed by atoms with E-state index in [0.717, 1.165) is 34.6 Å². The van der Waals surface area contributed by atoms with Gasteiger partial charge in [0, 0.05) is 29.3 Å². The lowest BCUT2D eigenvalue weighted by Crippen LogP contribution is -2.21. The van der Waals surface area contributed by atoms with Gasteiger partial charge in [-0.2, -0.15) is 0 Å². The van der Waals surface area contributed by atoms with Crippen LogP contribution >= 0.6 is 15.9 Å². The molecule has 1 aliphatic heterocycles. The fourth-order valence-electron chi connectivity index (χ4n) is 2.46. The van der Waals surface area contributed by atoms with E-state index in [-0.39, 0.29) is 5.91 Å². The number of hydrogen-bond donors (Lipinski definition) is 1. The second-order valence-corrected chi connectivity index (χ2v) is 6.23. The minimum atomic E-state index is -0.224. The van der Waals surface area contributed by atoms with Crippen LogP contribution in [0.4, 0.5) is 11.5 Å². The standard InChI is InChI=1S/C16H17BrN4O/c1-11-4-5-12(8-13(11)17)20-16(22)14-9-15(19-10-18-14)21-6-2-3-7-21/h4-5,8-10H,2-3,6-7H2,1H3,(H,20,22). The van der Waals surface area contributed by atoms with Gasteiger partial charge in [0.25, 0.3) is 5.91 Å². The maximum atomic E-state index is 12.3. The van der Waals surface area contributed by atoms with Gasteiger partial charge in [-0.25, -0.2) is 9.97 Å². The van der Waals surface area contributed by atoms with Gasteiger partial charge in [-0.15, -0.1) is 0 Å². The van der Waals surface area contributed by atoms with Crippen molar-refractivity contribution >= 4 is 33.3 Å². The van der Waals surface area contributed by atoms with Crippen LogP contribution in [-0.2, 0) is 0 Å². The molecular weight excluding hydrogens is 344 g/mol. The van der Waals surface area contributed by atoms with Crippen LogP contribution in [0.3, 0.4) is 0 Å². The van der Waals surface area contributed by atoms with Gasteiger partial charge in [0.15, 0.2) is 0 Å². The Labute approximate surface area is 137 Å². The Morgan fingerprint density at radius 1 is 1.23 bits per heavy atom. The van der Waals surface area contributed by atoms with Crippen molar-refractivity contribution < 1.29 is 4.79 Å². The van der Waals surface area contributed by atoms with Crippen molar-refractivity contribution in [1.82, 2.24) is 9.97 Å². The highest BCUT2D eigenvalue weighted by Gasteiger charge is 2.16. The molecule has 2 aromatic rings. The van der Waals surface area contributed by atoms with E-state index in [0.29, 0.717) is 5.69 Å². The van der Waals surface area contributed by atoms with E-state index >= 15 is 0 Å². The van der Waals surface area contributed by atoms with E-state index in [9.17, 15) is 4.79 Å². The number of nitrogens with one attached hydrogen (secondary N) is 1. The molecule has 1 aliphatic rings. The smallest absolute Gasteiger partial charge is 0.274 e. The lowest BCUT2D eigenvalue weighted by Gasteiger charge is -2.16. The van der Waals surface area contributed by atoms with Crippen molar-refractivity contribution in [1.29, 1.82) is 0 Å². The molecule has 5 nitrogen and oxygen atoms in total. The summed E-state index contributed by atoms with van der Waals surface area (Å²) >= 11 is 3.46. The molecule has 0 saturated carbocycles. The molecule has 22 heavy (non-hydrogen) atoms. The molecule has 3 rings (SSSR count). The first-order chi connectivity index (χ1) is 10.6. The lowest BCUT2D eigenvalue weighted by atomic mass is 10.2. The van der Waals surface area contributed by atoms with Crippen LogP contribution in [0.2, 0.25) is 0 Å². The van der Waals surface area contributed by atoms with Crippen molar-refractivity contribution in [2.75, 3.05) is 23.3 Å². The molecule has 2 heterocycles. The third-order valence-corrected chi connectivity index (χ3v) is 4.60. The Morgan fingerprint density at radius 2 is 2.00 bits per heavy atom. The SMILES string of the molecule is Cc1ccc(NC(=O)c2cc(N3CCCC3)ncn2)cc1Br. The number of nitrogens with zero attached hydrogens (tertiary/aromatic N) is 3. The molecule has 1 N–H and O–H groups in total. The summed E-state index contributed by atoms with van der Waals surface area (Å²) in [5, 5.41) is 2.87. The molecule has 1 fully saturated rings. The topological polar surface area (TPSA) is 58.1 Å². The third-order valence-electron chi connectivity index (χ3n) is 3.75. The predicted molar refractivity (Wildman–Crippen MR) is 90.3 cm³/mol. The summed E-state index contributed by atoms with van der Waals surface area (Å²) in [6.07, 6.45) is 3.79. The highest BCUT2D eigenvalue weighted by atomic mass is 79.9. The van der Waals surface area contributed by atoms with Crippen LogP contribution in [0.25, 0.3) is 0 Å². The molecule has 1 saturated heterocycles. The number of rotatable bonds is 3. The average molecular weight is 361 g/mol. The molecule has 114 valence electrons. The summed E-state index contributed by atoms with van der Waals surface area (Å²) in [5.41, 5.74) is 2.24. The Hall–Kier alpha value is -1.95. The monoisotopic (exact) mass is 360 g/mol. The summed E-state index contributed by atoms with van der Waals surface area (Å²) in [6, 6.07) is 7.47. The average Bonchev–Trinajstić information content (AvgIpc) is 3.05. The fraction of sp³-hybridized carbons (Fsp3) is 0.312. The van der Waals surface area contributed by atoms with Crippen LogP contribution in [0.1, 0.15) is 28.9 Å². The minimum Gasteiger partial charge on any atom is -0.357 e. The highest BCUT2D eigenvalue weighted by molar-refractivity contribution is 9.10. The Morgan fingerprint density at radius 3 is 2.73 bits per heavy atom. The molecule has 0 bridgehead atoms. The molecule has 0 spiro atoms. The third kappa shape index (κ3) is 3.27. The van der Waals surface area contributed by atoms with Gasteiger partial charge < -0.3 is 10.2 Å². The first kappa shape index (κ1) is 15.0. The number of hydrogen-bond acceptors (Lipinski definition) is 4. The number of aryl methyl sites for hydroxylation is 1. The minimum absolute atomic E-state index is 0.224.